The number of nitrogens with zero attached hydrogens (tertiary/aromatic N) is 4. The number of alkyl halides is 3. The maximum atomic E-state index is 12.9. The molecule has 0 atom stereocenters. The minimum absolute atomic E-state index is 0.0816. The van der Waals surface area contributed by atoms with Crippen molar-refractivity contribution < 1.29 is 22.1 Å². The molecule has 0 unspecified atom stereocenters. The number of aryl methyl sites for hydroxylation is 2. The van der Waals surface area contributed by atoms with E-state index in [0.29, 0.717) is 11.1 Å². The van der Waals surface area contributed by atoms with Crippen LogP contribution in [0.25, 0.3) is 22.8 Å². The van der Waals surface area contributed by atoms with E-state index in [9.17, 15) is 13.2 Å². The van der Waals surface area contributed by atoms with Gasteiger partial charge in [-0.25, -0.2) is 0 Å². The van der Waals surface area contributed by atoms with E-state index in [2.05, 4.69) is 20.3 Å². The van der Waals surface area contributed by atoms with Crippen molar-refractivity contribution in [3.63, 3.8) is 0 Å². The molecule has 2 aromatic heterocycles. The molecule has 0 aliphatic carbocycles. The fourth-order valence-electron chi connectivity index (χ4n) is 2.87. The van der Waals surface area contributed by atoms with Gasteiger partial charge in [-0.1, -0.05) is 46.2 Å². The van der Waals surface area contributed by atoms with E-state index in [-0.39, 0.29) is 23.0 Å². The quantitative estimate of drug-likeness (QED) is 0.374. The summed E-state index contributed by atoms with van der Waals surface area (Å²) in [6.45, 7) is 3.97. The smallest absolute Gasteiger partial charge is 0.411 e. The van der Waals surface area contributed by atoms with Crippen molar-refractivity contribution in [2.24, 2.45) is 0 Å². The maximum Gasteiger partial charge on any atom is 0.416 e. The van der Waals surface area contributed by atoms with E-state index < -0.39 is 11.7 Å². The van der Waals surface area contributed by atoms with Gasteiger partial charge in [0.15, 0.2) is 0 Å². The van der Waals surface area contributed by atoms with Gasteiger partial charge in [0, 0.05) is 11.1 Å². The first-order chi connectivity index (χ1) is 14.3. The predicted octanol–water partition coefficient (Wildman–Crippen LogP) is 5.71. The van der Waals surface area contributed by atoms with Crippen LogP contribution in [-0.4, -0.2) is 20.3 Å². The van der Waals surface area contributed by atoms with Gasteiger partial charge in [-0.15, -0.1) is 10.2 Å². The molecule has 0 fully saturated rings. The lowest BCUT2D eigenvalue weighted by atomic mass is 10.1. The van der Waals surface area contributed by atoms with Crippen LogP contribution in [0.5, 0.6) is 0 Å². The lowest BCUT2D eigenvalue weighted by Gasteiger charge is -2.06. The highest BCUT2D eigenvalue weighted by atomic mass is 32.2. The van der Waals surface area contributed by atoms with Crippen LogP contribution in [0.4, 0.5) is 13.2 Å². The molecule has 2 heterocycles. The van der Waals surface area contributed by atoms with Crippen molar-refractivity contribution in [3.05, 3.63) is 65.0 Å². The molecule has 4 aromatic rings. The Morgan fingerprint density at radius 3 is 2.47 bits per heavy atom. The molecule has 0 aliphatic rings. The van der Waals surface area contributed by atoms with Crippen LogP contribution in [0, 0.1) is 13.8 Å². The molecule has 0 saturated carbocycles. The van der Waals surface area contributed by atoms with E-state index in [4.69, 9.17) is 8.94 Å². The highest BCUT2D eigenvalue weighted by Crippen LogP contribution is 2.32. The Morgan fingerprint density at radius 1 is 0.967 bits per heavy atom. The summed E-state index contributed by atoms with van der Waals surface area (Å²) in [5.41, 5.74) is 2.46. The molecule has 0 spiro atoms. The largest absolute Gasteiger partial charge is 0.416 e. The third-order valence-corrected chi connectivity index (χ3v) is 4.91. The Kier molecular flexibility index (Phi) is 5.33. The monoisotopic (exact) mass is 432 g/mol. The van der Waals surface area contributed by atoms with Gasteiger partial charge in [0.1, 0.15) is 0 Å². The summed E-state index contributed by atoms with van der Waals surface area (Å²) in [5, 5.41) is 12.1. The Morgan fingerprint density at radius 2 is 1.73 bits per heavy atom. The zero-order valence-corrected chi connectivity index (χ0v) is 16.7. The molecule has 4 rings (SSSR count). The first-order valence-corrected chi connectivity index (χ1v) is 9.82. The van der Waals surface area contributed by atoms with Gasteiger partial charge in [0.2, 0.25) is 17.6 Å². The Bertz CT molecular complexity index is 1170. The summed E-state index contributed by atoms with van der Waals surface area (Å²) in [4.78, 5) is 4.15. The van der Waals surface area contributed by atoms with E-state index in [1.54, 1.807) is 0 Å². The van der Waals surface area contributed by atoms with E-state index in [1.165, 1.54) is 23.9 Å². The lowest BCUT2D eigenvalue weighted by molar-refractivity contribution is -0.137. The van der Waals surface area contributed by atoms with Crippen molar-refractivity contribution in [1.29, 1.82) is 0 Å². The molecule has 154 valence electrons. The molecule has 10 heteroatoms. The lowest BCUT2D eigenvalue weighted by Crippen LogP contribution is -2.04. The van der Waals surface area contributed by atoms with Gasteiger partial charge in [-0.2, -0.15) is 18.2 Å². The third kappa shape index (κ3) is 4.54. The SMILES string of the molecule is Cc1cc(C)cc(-c2nnc(SCc3nc(-c4cccc(C(F)(F)F)c4)no3)o2)c1. The summed E-state index contributed by atoms with van der Waals surface area (Å²) in [5.74, 6) is 0.955. The molecular formula is C20H15F3N4O2S. The first-order valence-electron chi connectivity index (χ1n) is 8.83. The van der Waals surface area contributed by atoms with Gasteiger partial charge >= 0.3 is 6.18 Å². The van der Waals surface area contributed by atoms with Crippen molar-refractivity contribution in [1.82, 2.24) is 20.3 Å². The fraction of sp³-hybridized carbons (Fsp3) is 0.200. The number of hydrogen-bond donors (Lipinski definition) is 0. The molecule has 0 radical (unpaired) electrons. The average molecular weight is 432 g/mol. The molecule has 0 amide bonds. The van der Waals surface area contributed by atoms with Crippen molar-refractivity contribution in [3.8, 4) is 22.8 Å². The van der Waals surface area contributed by atoms with Gasteiger partial charge in [0.25, 0.3) is 5.22 Å². The summed E-state index contributed by atoms with van der Waals surface area (Å²) in [7, 11) is 0. The second-order valence-corrected chi connectivity index (χ2v) is 7.56. The number of rotatable bonds is 5. The molecule has 0 saturated heterocycles. The third-order valence-electron chi connectivity index (χ3n) is 4.11. The second kappa shape index (κ2) is 7.94. The van der Waals surface area contributed by atoms with Crippen molar-refractivity contribution in [2.45, 2.75) is 31.0 Å². The van der Waals surface area contributed by atoms with Crippen LogP contribution in [0.2, 0.25) is 0 Å². The fourth-order valence-corrected chi connectivity index (χ4v) is 3.47. The van der Waals surface area contributed by atoms with Gasteiger partial charge in [0.05, 0.1) is 11.3 Å². The summed E-state index contributed by atoms with van der Waals surface area (Å²) < 4.78 is 49.4. The molecule has 0 aliphatic heterocycles. The Hall–Kier alpha value is -3.14. The molecule has 2 aromatic carbocycles. The van der Waals surface area contributed by atoms with Crippen LogP contribution >= 0.6 is 11.8 Å². The first kappa shape index (κ1) is 20.1. The van der Waals surface area contributed by atoms with Crippen LogP contribution in [0.1, 0.15) is 22.6 Å². The second-order valence-electron chi connectivity index (χ2n) is 6.63. The molecule has 30 heavy (non-hydrogen) atoms. The number of hydrogen-bond acceptors (Lipinski definition) is 7. The zero-order valence-electron chi connectivity index (χ0n) is 15.9. The molecular weight excluding hydrogens is 417 g/mol. The van der Waals surface area contributed by atoms with Crippen LogP contribution in [-0.2, 0) is 11.9 Å². The number of thioether (sulfide) groups is 1. The Balaban J connectivity index is 1.45. The van der Waals surface area contributed by atoms with Crippen LogP contribution in [0.3, 0.4) is 0 Å². The average Bonchev–Trinajstić information content (AvgIpc) is 3.35. The van der Waals surface area contributed by atoms with Gasteiger partial charge < -0.3 is 8.94 Å². The number of aromatic nitrogens is 4. The molecule has 0 N–H and O–H groups in total. The maximum absolute atomic E-state index is 12.9. The summed E-state index contributed by atoms with van der Waals surface area (Å²) >= 11 is 1.20. The summed E-state index contributed by atoms with van der Waals surface area (Å²) in [6.07, 6.45) is -4.44. The molecule has 6 nitrogen and oxygen atoms in total. The van der Waals surface area contributed by atoms with E-state index in [0.717, 1.165) is 28.8 Å². The minimum atomic E-state index is -4.44. The van der Waals surface area contributed by atoms with Gasteiger partial charge in [-0.3, -0.25) is 0 Å². The van der Waals surface area contributed by atoms with Gasteiger partial charge in [-0.05, 0) is 38.1 Å². The molecule has 0 bridgehead atoms. The van der Waals surface area contributed by atoms with Crippen LogP contribution in [0.15, 0.2) is 56.6 Å². The highest BCUT2D eigenvalue weighted by molar-refractivity contribution is 7.98. The van der Waals surface area contributed by atoms with E-state index >= 15 is 0 Å². The van der Waals surface area contributed by atoms with Crippen molar-refractivity contribution >= 4 is 11.8 Å². The van der Waals surface area contributed by atoms with Crippen molar-refractivity contribution in [2.75, 3.05) is 0 Å². The predicted molar refractivity (Wildman–Crippen MR) is 104 cm³/mol. The topological polar surface area (TPSA) is 77.8 Å². The normalized spacial score (nSPS) is 11.8. The Labute approximate surface area is 173 Å². The zero-order chi connectivity index (χ0) is 21.3. The van der Waals surface area contributed by atoms with Crippen LogP contribution < -0.4 is 0 Å². The number of halogens is 3. The van der Waals surface area contributed by atoms with E-state index in [1.807, 2.05) is 32.0 Å². The summed E-state index contributed by atoms with van der Waals surface area (Å²) in [6, 6.07) is 10.7. The standard InChI is InChI=1S/C20H15F3N4O2S/c1-11-6-12(2)8-14(7-11)18-25-26-19(28-18)30-10-16-24-17(27-29-16)13-4-3-5-15(9-13)20(21,22)23/h3-9H,10H2,1-2H3. The minimum Gasteiger partial charge on any atom is -0.411 e. The number of benzene rings is 2. The highest BCUT2D eigenvalue weighted by Gasteiger charge is 2.30.